The van der Waals surface area contributed by atoms with Gasteiger partial charge in [0.25, 0.3) is 0 Å². The number of allylic oxidation sites excluding steroid dienone is 1. The molecule has 1 saturated carbocycles. The molecule has 1 aliphatic heterocycles. The average Bonchev–Trinajstić information content (AvgIpc) is 3.05. The number of hydrogen-bond acceptors (Lipinski definition) is 6. The SMILES string of the molecule is C=C1CCC(Cc2nsnc2C2=CCCN(C)C2)CC1.O=C(O)C(=O)O. The van der Waals surface area contributed by atoms with Gasteiger partial charge in [0.15, 0.2) is 0 Å². The number of carboxylic acids is 2. The Balaban J connectivity index is 0.000000352. The molecule has 0 bridgehead atoms. The molecule has 8 heteroatoms. The maximum atomic E-state index is 9.10. The summed E-state index contributed by atoms with van der Waals surface area (Å²) in [7, 11) is 2.18. The smallest absolute Gasteiger partial charge is 0.414 e. The molecule has 1 fully saturated rings. The van der Waals surface area contributed by atoms with E-state index in [1.165, 1.54) is 59.9 Å². The van der Waals surface area contributed by atoms with E-state index in [1.54, 1.807) is 0 Å². The third-order valence-corrected chi connectivity index (χ3v) is 5.25. The molecule has 1 aromatic rings. The molecule has 2 aliphatic rings. The molecule has 142 valence electrons. The number of likely N-dealkylation sites (N-methyl/N-ethyl adjacent to an activating group) is 1. The maximum Gasteiger partial charge on any atom is 0.414 e. The molecule has 3 rings (SSSR count). The largest absolute Gasteiger partial charge is 0.473 e. The van der Waals surface area contributed by atoms with Crippen LogP contribution in [0.15, 0.2) is 18.2 Å². The summed E-state index contributed by atoms with van der Waals surface area (Å²) in [5.74, 6) is -2.88. The zero-order valence-corrected chi connectivity index (χ0v) is 15.8. The zero-order chi connectivity index (χ0) is 19.1. The topological polar surface area (TPSA) is 104 Å². The lowest BCUT2D eigenvalue weighted by atomic mass is 9.83. The van der Waals surface area contributed by atoms with Gasteiger partial charge in [-0.2, -0.15) is 8.75 Å². The van der Waals surface area contributed by atoms with E-state index >= 15 is 0 Å². The van der Waals surface area contributed by atoms with E-state index in [0.717, 1.165) is 31.8 Å². The van der Waals surface area contributed by atoms with Crippen molar-refractivity contribution in [1.82, 2.24) is 13.6 Å². The number of rotatable bonds is 3. The monoisotopic (exact) mass is 379 g/mol. The first-order valence-corrected chi connectivity index (χ1v) is 9.42. The standard InChI is InChI=1S/C16H23N3S.C2H2O4/c1-12-5-7-13(8-6-12)10-15-16(18-20-17-15)14-4-3-9-19(2)11-14;3-1(4)2(5)6/h4,13H,1,3,5-11H2,2H3;(H,3,4)(H,5,6). The van der Waals surface area contributed by atoms with Crippen LogP contribution in [0.25, 0.3) is 5.57 Å². The van der Waals surface area contributed by atoms with Gasteiger partial charge in [-0.15, -0.1) is 0 Å². The Morgan fingerprint density at radius 2 is 1.92 bits per heavy atom. The van der Waals surface area contributed by atoms with Gasteiger partial charge in [-0.05, 0) is 57.1 Å². The first kappa shape index (κ1) is 20.3. The van der Waals surface area contributed by atoms with Gasteiger partial charge < -0.3 is 15.1 Å². The normalized spacial score (nSPS) is 18.7. The molecular weight excluding hydrogens is 354 g/mol. The summed E-state index contributed by atoms with van der Waals surface area (Å²) in [4.78, 5) is 20.6. The summed E-state index contributed by atoms with van der Waals surface area (Å²) < 4.78 is 9.15. The lowest BCUT2D eigenvalue weighted by molar-refractivity contribution is -0.159. The minimum Gasteiger partial charge on any atom is -0.473 e. The second kappa shape index (κ2) is 9.59. The Kier molecular flexibility index (Phi) is 7.47. The van der Waals surface area contributed by atoms with Crippen molar-refractivity contribution in [1.29, 1.82) is 0 Å². The highest BCUT2D eigenvalue weighted by molar-refractivity contribution is 6.99. The van der Waals surface area contributed by atoms with Crippen molar-refractivity contribution in [3.8, 4) is 0 Å². The molecule has 7 nitrogen and oxygen atoms in total. The van der Waals surface area contributed by atoms with Crippen LogP contribution >= 0.6 is 11.7 Å². The van der Waals surface area contributed by atoms with Crippen molar-refractivity contribution in [3.63, 3.8) is 0 Å². The lowest BCUT2D eigenvalue weighted by Crippen LogP contribution is -2.25. The van der Waals surface area contributed by atoms with Crippen LogP contribution in [0.4, 0.5) is 0 Å². The van der Waals surface area contributed by atoms with Crippen molar-refractivity contribution >= 4 is 29.2 Å². The van der Waals surface area contributed by atoms with Gasteiger partial charge in [-0.3, -0.25) is 0 Å². The highest BCUT2D eigenvalue weighted by Gasteiger charge is 2.22. The first-order chi connectivity index (χ1) is 12.4. The fraction of sp³-hybridized carbons (Fsp3) is 0.556. The number of hydrogen-bond donors (Lipinski definition) is 2. The van der Waals surface area contributed by atoms with Crippen LogP contribution in [0.2, 0.25) is 0 Å². The molecule has 0 radical (unpaired) electrons. The molecule has 0 aromatic carbocycles. The van der Waals surface area contributed by atoms with Crippen LogP contribution in [0.1, 0.15) is 43.5 Å². The highest BCUT2D eigenvalue weighted by Crippen LogP contribution is 2.31. The van der Waals surface area contributed by atoms with E-state index in [-0.39, 0.29) is 0 Å². The molecule has 0 saturated heterocycles. The van der Waals surface area contributed by atoms with Gasteiger partial charge in [0.05, 0.1) is 17.4 Å². The van der Waals surface area contributed by atoms with E-state index in [4.69, 9.17) is 19.8 Å². The fourth-order valence-corrected chi connectivity index (χ4v) is 3.82. The second-order valence-electron chi connectivity index (χ2n) is 6.82. The number of aromatic nitrogens is 2. The molecular formula is C18H25N3O4S. The van der Waals surface area contributed by atoms with Crippen molar-refractivity contribution in [3.05, 3.63) is 29.6 Å². The van der Waals surface area contributed by atoms with Crippen LogP contribution < -0.4 is 0 Å². The molecule has 0 atom stereocenters. The summed E-state index contributed by atoms with van der Waals surface area (Å²) >= 11 is 1.37. The number of carboxylic acid groups (broad SMARTS) is 2. The highest BCUT2D eigenvalue weighted by atomic mass is 32.1. The number of aliphatic carboxylic acids is 2. The van der Waals surface area contributed by atoms with E-state index in [1.807, 2.05) is 0 Å². The Labute approximate surface area is 157 Å². The second-order valence-corrected chi connectivity index (χ2v) is 7.35. The minimum absolute atomic E-state index is 0.769. The molecule has 1 aliphatic carbocycles. The molecule has 26 heavy (non-hydrogen) atoms. The van der Waals surface area contributed by atoms with E-state index < -0.39 is 11.9 Å². The summed E-state index contributed by atoms with van der Waals surface area (Å²) in [6.45, 7) is 6.27. The van der Waals surface area contributed by atoms with Gasteiger partial charge in [0.1, 0.15) is 5.69 Å². The predicted molar refractivity (Wildman–Crippen MR) is 100 cm³/mol. The van der Waals surface area contributed by atoms with Crippen molar-refractivity contribution in [2.75, 3.05) is 20.1 Å². The van der Waals surface area contributed by atoms with Crippen LogP contribution in [-0.4, -0.2) is 55.9 Å². The predicted octanol–water partition coefficient (Wildman–Crippen LogP) is 2.70. The van der Waals surface area contributed by atoms with Crippen molar-refractivity contribution in [2.24, 2.45) is 5.92 Å². The fourth-order valence-electron chi connectivity index (χ4n) is 3.21. The third kappa shape index (κ3) is 6.03. The first-order valence-electron chi connectivity index (χ1n) is 8.69. The molecule has 0 amide bonds. The van der Waals surface area contributed by atoms with Crippen molar-refractivity contribution < 1.29 is 19.8 Å². The molecule has 0 unspecified atom stereocenters. The summed E-state index contributed by atoms with van der Waals surface area (Å²) in [5, 5.41) is 14.8. The van der Waals surface area contributed by atoms with Gasteiger partial charge >= 0.3 is 11.9 Å². The summed E-state index contributed by atoms with van der Waals surface area (Å²) in [6.07, 6.45) is 9.52. The van der Waals surface area contributed by atoms with Crippen LogP contribution in [0.5, 0.6) is 0 Å². The zero-order valence-electron chi connectivity index (χ0n) is 15.0. The number of nitrogens with zero attached hydrogens (tertiary/aromatic N) is 3. The number of carbonyl (C=O) groups is 2. The Hall–Kier alpha value is -2.06. The van der Waals surface area contributed by atoms with Gasteiger partial charge in [-0.1, -0.05) is 18.2 Å². The Morgan fingerprint density at radius 1 is 1.27 bits per heavy atom. The van der Waals surface area contributed by atoms with Crippen LogP contribution in [0.3, 0.4) is 0 Å². The third-order valence-electron chi connectivity index (χ3n) is 4.68. The Bertz CT molecular complexity index is 676. The van der Waals surface area contributed by atoms with E-state index in [9.17, 15) is 0 Å². The lowest BCUT2D eigenvalue weighted by Gasteiger charge is -2.24. The van der Waals surface area contributed by atoms with Crippen molar-refractivity contribution in [2.45, 2.75) is 38.5 Å². The summed E-state index contributed by atoms with van der Waals surface area (Å²) in [5.41, 5.74) is 5.21. The van der Waals surface area contributed by atoms with Gasteiger partial charge in [-0.25, -0.2) is 9.59 Å². The molecule has 2 heterocycles. The van der Waals surface area contributed by atoms with E-state index in [0.29, 0.717) is 0 Å². The molecule has 2 N–H and O–H groups in total. The summed E-state index contributed by atoms with van der Waals surface area (Å²) in [6, 6.07) is 0. The maximum absolute atomic E-state index is 9.10. The minimum atomic E-state index is -1.82. The van der Waals surface area contributed by atoms with E-state index in [2.05, 4.69) is 33.3 Å². The molecule has 0 spiro atoms. The van der Waals surface area contributed by atoms with Gasteiger partial charge in [0.2, 0.25) is 0 Å². The van der Waals surface area contributed by atoms with Crippen LogP contribution in [0, 0.1) is 5.92 Å². The Morgan fingerprint density at radius 3 is 2.50 bits per heavy atom. The van der Waals surface area contributed by atoms with Crippen LogP contribution in [-0.2, 0) is 16.0 Å². The molecule has 1 aromatic heterocycles. The average molecular weight is 379 g/mol. The van der Waals surface area contributed by atoms with Gasteiger partial charge in [0, 0.05) is 13.1 Å². The quantitative estimate of drug-likeness (QED) is 0.615.